The number of ether oxygens (including phenoxy) is 1. The van der Waals surface area contributed by atoms with Crippen LogP contribution in [0.3, 0.4) is 0 Å². The molecule has 1 saturated heterocycles. The summed E-state index contributed by atoms with van der Waals surface area (Å²) in [6.07, 6.45) is -7.16. The number of benzene rings is 1. The van der Waals surface area contributed by atoms with Crippen molar-refractivity contribution in [3.8, 4) is 11.5 Å². The standard InChI is InChI=1S/C19H24O9/c1-7(2)3-8-4-9(21)13-10(22)5-11(23)14(18(13)27-8)19-17(26)16(25)15(24)12(6-20)28-19/h4-5,7,12,15-17,19-20,22-26H,3,6H2,1-2H3. The Morgan fingerprint density at radius 1 is 1.04 bits per heavy atom. The van der Waals surface area contributed by atoms with Crippen LogP contribution in [0.15, 0.2) is 21.3 Å². The van der Waals surface area contributed by atoms with Gasteiger partial charge in [-0.3, -0.25) is 4.79 Å². The Balaban J connectivity index is 2.24. The molecule has 0 bridgehead atoms. The topological polar surface area (TPSA) is 161 Å². The predicted molar refractivity (Wildman–Crippen MR) is 97.1 cm³/mol. The monoisotopic (exact) mass is 396 g/mol. The largest absolute Gasteiger partial charge is 0.507 e. The molecule has 0 aliphatic carbocycles. The van der Waals surface area contributed by atoms with E-state index in [9.17, 15) is 35.4 Å². The molecule has 28 heavy (non-hydrogen) atoms. The van der Waals surface area contributed by atoms with E-state index in [2.05, 4.69) is 0 Å². The van der Waals surface area contributed by atoms with Gasteiger partial charge in [-0.05, 0) is 5.92 Å². The van der Waals surface area contributed by atoms with Gasteiger partial charge in [0.25, 0.3) is 0 Å². The first-order chi connectivity index (χ1) is 13.1. The van der Waals surface area contributed by atoms with Crippen LogP contribution < -0.4 is 5.43 Å². The molecule has 2 heterocycles. The summed E-state index contributed by atoms with van der Waals surface area (Å²) in [6.45, 7) is 3.19. The van der Waals surface area contributed by atoms with Gasteiger partial charge in [-0.25, -0.2) is 0 Å². The van der Waals surface area contributed by atoms with E-state index in [1.165, 1.54) is 6.07 Å². The Kier molecular flexibility index (Phi) is 5.64. The van der Waals surface area contributed by atoms with Crippen LogP contribution in [0.1, 0.15) is 31.3 Å². The molecular formula is C19H24O9. The molecule has 1 fully saturated rings. The van der Waals surface area contributed by atoms with E-state index in [1.54, 1.807) is 0 Å². The summed E-state index contributed by atoms with van der Waals surface area (Å²) >= 11 is 0. The van der Waals surface area contributed by atoms with Gasteiger partial charge < -0.3 is 39.8 Å². The molecule has 5 unspecified atom stereocenters. The number of aliphatic hydroxyl groups excluding tert-OH is 4. The normalized spacial score (nSPS) is 28.2. The number of hydrogen-bond acceptors (Lipinski definition) is 9. The summed E-state index contributed by atoms with van der Waals surface area (Å²) in [6, 6.07) is 2.16. The molecule has 0 spiro atoms. The molecule has 154 valence electrons. The van der Waals surface area contributed by atoms with Crippen LogP contribution in [0, 0.1) is 5.92 Å². The quantitative estimate of drug-likeness (QED) is 0.415. The molecule has 2 aromatic rings. The van der Waals surface area contributed by atoms with Gasteiger partial charge in [0.15, 0.2) is 11.0 Å². The van der Waals surface area contributed by atoms with Crippen molar-refractivity contribution in [1.29, 1.82) is 0 Å². The lowest BCUT2D eigenvalue weighted by Crippen LogP contribution is -2.55. The highest BCUT2D eigenvalue weighted by atomic mass is 16.5. The van der Waals surface area contributed by atoms with Gasteiger partial charge in [0.1, 0.15) is 53.2 Å². The molecule has 1 aromatic carbocycles. The molecule has 9 heteroatoms. The molecule has 1 aliphatic heterocycles. The number of aliphatic hydroxyl groups is 4. The average molecular weight is 396 g/mol. The molecule has 6 N–H and O–H groups in total. The van der Waals surface area contributed by atoms with Crippen LogP contribution in [0.4, 0.5) is 0 Å². The van der Waals surface area contributed by atoms with Gasteiger partial charge in [-0.1, -0.05) is 13.8 Å². The Bertz CT molecular complexity index is 918. The fraction of sp³-hybridized carbons (Fsp3) is 0.526. The highest BCUT2D eigenvalue weighted by molar-refractivity contribution is 5.88. The summed E-state index contributed by atoms with van der Waals surface area (Å²) < 4.78 is 11.3. The molecule has 3 rings (SSSR count). The van der Waals surface area contributed by atoms with Gasteiger partial charge in [0, 0.05) is 18.6 Å². The molecular weight excluding hydrogens is 372 g/mol. The molecule has 0 amide bonds. The Morgan fingerprint density at radius 2 is 1.71 bits per heavy atom. The Hall–Kier alpha value is -2.17. The minimum absolute atomic E-state index is 0.155. The van der Waals surface area contributed by atoms with Crippen LogP contribution >= 0.6 is 0 Å². The molecule has 5 atom stereocenters. The van der Waals surface area contributed by atoms with Crippen molar-refractivity contribution in [3.05, 3.63) is 33.7 Å². The average Bonchev–Trinajstić information content (AvgIpc) is 2.60. The van der Waals surface area contributed by atoms with E-state index in [0.717, 1.165) is 6.07 Å². The lowest BCUT2D eigenvalue weighted by atomic mass is 9.89. The molecule has 1 aromatic heterocycles. The predicted octanol–water partition coefficient (Wildman–Crippen LogP) is -0.0824. The molecule has 0 saturated carbocycles. The second-order valence-electron chi connectivity index (χ2n) is 7.46. The zero-order valence-corrected chi connectivity index (χ0v) is 15.4. The summed E-state index contributed by atoms with van der Waals surface area (Å²) in [7, 11) is 0. The zero-order chi connectivity index (χ0) is 20.7. The van der Waals surface area contributed by atoms with Gasteiger partial charge >= 0.3 is 0 Å². The SMILES string of the molecule is CC(C)Cc1cc(=O)c2c(O)cc(O)c(C3OC(CO)C(O)C(O)C3O)c2o1. The summed E-state index contributed by atoms with van der Waals surface area (Å²) in [4.78, 5) is 12.5. The fourth-order valence-corrected chi connectivity index (χ4v) is 3.49. The maximum absolute atomic E-state index is 12.5. The van der Waals surface area contributed by atoms with Crippen LogP contribution in [0.25, 0.3) is 11.0 Å². The highest BCUT2D eigenvalue weighted by Crippen LogP contribution is 2.43. The number of hydrogen-bond donors (Lipinski definition) is 6. The number of fused-ring (bicyclic) bond motifs is 1. The van der Waals surface area contributed by atoms with Crippen molar-refractivity contribution < 1.29 is 39.8 Å². The first kappa shape index (κ1) is 20.6. The Labute approximate surface area is 160 Å². The van der Waals surface area contributed by atoms with E-state index in [-0.39, 0.29) is 22.5 Å². The van der Waals surface area contributed by atoms with E-state index < -0.39 is 54.1 Å². The Morgan fingerprint density at radius 3 is 2.32 bits per heavy atom. The van der Waals surface area contributed by atoms with Crippen LogP contribution in [-0.4, -0.2) is 61.7 Å². The first-order valence-corrected chi connectivity index (χ1v) is 8.97. The van der Waals surface area contributed by atoms with Crippen LogP contribution in [-0.2, 0) is 11.2 Å². The van der Waals surface area contributed by atoms with Crippen molar-refractivity contribution in [1.82, 2.24) is 0 Å². The second-order valence-corrected chi connectivity index (χ2v) is 7.46. The third-order valence-electron chi connectivity index (χ3n) is 4.84. The van der Waals surface area contributed by atoms with Crippen molar-refractivity contribution in [3.63, 3.8) is 0 Å². The summed E-state index contributed by atoms with van der Waals surface area (Å²) in [5, 5.41) is 60.2. The van der Waals surface area contributed by atoms with E-state index in [1.807, 2.05) is 13.8 Å². The highest BCUT2D eigenvalue weighted by Gasteiger charge is 2.46. The molecule has 9 nitrogen and oxygen atoms in total. The smallest absolute Gasteiger partial charge is 0.196 e. The molecule has 1 aliphatic rings. The maximum atomic E-state index is 12.5. The zero-order valence-electron chi connectivity index (χ0n) is 15.4. The van der Waals surface area contributed by atoms with Crippen molar-refractivity contribution in [2.45, 2.75) is 50.8 Å². The second kappa shape index (κ2) is 7.69. The van der Waals surface area contributed by atoms with E-state index in [0.29, 0.717) is 12.2 Å². The van der Waals surface area contributed by atoms with Gasteiger partial charge in [0.2, 0.25) is 0 Å². The van der Waals surface area contributed by atoms with Crippen molar-refractivity contribution in [2.75, 3.05) is 6.61 Å². The number of phenols is 2. The van der Waals surface area contributed by atoms with Gasteiger partial charge in [0.05, 0.1) is 12.2 Å². The maximum Gasteiger partial charge on any atom is 0.196 e. The third kappa shape index (κ3) is 3.47. The lowest BCUT2D eigenvalue weighted by Gasteiger charge is -2.40. The van der Waals surface area contributed by atoms with Crippen molar-refractivity contribution in [2.24, 2.45) is 5.92 Å². The number of phenolic OH excluding ortho intramolecular Hbond substituents is 2. The first-order valence-electron chi connectivity index (χ1n) is 8.97. The lowest BCUT2D eigenvalue weighted by molar-refractivity contribution is -0.231. The summed E-state index contributed by atoms with van der Waals surface area (Å²) in [5.41, 5.74) is -0.891. The molecule has 0 radical (unpaired) electrons. The summed E-state index contributed by atoms with van der Waals surface area (Å²) in [5.74, 6) is -0.574. The third-order valence-corrected chi connectivity index (χ3v) is 4.84. The van der Waals surface area contributed by atoms with Gasteiger partial charge in [-0.2, -0.15) is 0 Å². The number of aromatic hydroxyl groups is 2. The van der Waals surface area contributed by atoms with Crippen molar-refractivity contribution >= 4 is 11.0 Å². The minimum Gasteiger partial charge on any atom is -0.507 e. The minimum atomic E-state index is -1.68. The van der Waals surface area contributed by atoms with Crippen LogP contribution in [0.2, 0.25) is 0 Å². The van der Waals surface area contributed by atoms with Gasteiger partial charge in [-0.15, -0.1) is 0 Å². The van der Waals surface area contributed by atoms with E-state index >= 15 is 0 Å². The fourth-order valence-electron chi connectivity index (χ4n) is 3.49. The number of rotatable bonds is 4. The van der Waals surface area contributed by atoms with Crippen LogP contribution in [0.5, 0.6) is 11.5 Å². The van der Waals surface area contributed by atoms with E-state index in [4.69, 9.17) is 9.15 Å².